The zero-order valence-electron chi connectivity index (χ0n) is 12.7. The van der Waals surface area contributed by atoms with Crippen LogP contribution in [0.15, 0.2) is 24.5 Å². The highest BCUT2D eigenvalue weighted by Gasteiger charge is 2.20. The first kappa shape index (κ1) is 16.9. The summed E-state index contributed by atoms with van der Waals surface area (Å²) in [5, 5.41) is 0. The second kappa shape index (κ2) is 7.66. The lowest BCUT2D eigenvalue weighted by Crippen LogP contribution is -2.48. The fraction of sp³-hybridized carbons (Fsp3) is 0.571. The maximum absolute atomic E-state index is 12.0. The number of carbonyl (C=O) groups excluding carboxylic acids is 1. The largest absolute Gasteiger partial charge is 0.340 e. The topological polar surface area (TPSA) is 82.6 Å². The number of pyridine rings is 1. The predicted molar refractivity (Wildman–Crippen MR) is 83.6 cm³/mol. The van der Waals surface area contributed by atoms with Crippen LogP contribution in [0.25, 0.3) is 0 Å². The van der Waals surface area contributed by atoms with E-state index < -0.39 is 10.0 Å². The van der Waals surface area contributed by atoms with Crippen molar-refractivity contribution in [3.8, 4) is 0 Å². The van der Waals surface area contributed by atoms with Crippen LogP contribution in [0.5, 0.6) is 0 Å². The van der Waals surface area contributed by atoms with Crippen molar-refractivity contribution in [2.24, 2.45) is 0 Å². The van der Waals surface area contributed by atoms with Crippen molar-refractivity contribution in [2.45, 2.75) is 13.0 Å². The molecule has 0 atom stereocenters. The summed E-state index contributed by atoms with van der Waals surface area (Å²) < 4.78 is 24.3. The minimum absolute atomic E-state index is 0.000267. The van der Waals surface area contributed by atoms with E-state index in [0.29, 0.717) is 13.1 Å². The number of nitrogens with zero attached hydrogens (tertiary/aromatic N) is 3. The minimum Gasteiger partial charge on any atom is -0.340 e. The number of amides is 1. The number of hydrogen-bond acceptors (Lipinski definition) is 5. The molecule has 2 rings (SSSR count). The molecule has 8 heteroatoms. The van der Waals surface area contributed by atoms with Crippen molar-refractivity contribution >= 4 is 15.9 Å². The molecule has 1 aromatic rings. The molecule has 1 aliphatic heterocycles. The lowest BCUT2D eigenvalue weighted by atomic mass is 10.2. The van der Waals surface area contributed by atoms with Crippen LogP contribution in [0.1, 0.15) is 12.0 Å². The van der Waals surface area contributed by atoms with Crippen molar-refractivity contribution in [1.82, 2.24) is 19.5 Å². The Morgan fingerprint density at radius 1 is 1.23 bits per heavy atom. The summed E-state index contributed by atoms with van der Waals surface area (Å²) in [5.41, 5.74) is 1.21. The van der Waals surface area contributed by atoms with E-state index in [0.717, 1.165) is 25.9 Å². The van der Waals surface area contributed by atoms with E-state index in [-0.39, 0.29) is 18.9 Å². The number of rotatable bonds is 6. The Labute approximate surface area is 131 Å². The van der Waals surface area contributed by atoms with E-state index in [1.165, 1.54) is 5.56 Å². The number of nitrogens with one attached hydrogen (secondary N) is 1. The van der Waals surface area contributed by atoms with Crippen LogP contribution in [0, 0.1) is 0 Å². The zero-order valence-corrected chi connectivity index (χ0v) is 13.6. The highest BCUT2D eigenvalue weighted by molar-refractivity contribution is 7.88. The monoisotopic (exact) mass is 326 g/mol. The average Bonchev–Trinajstić information content (AvgIpc) is 2.47. The quantitative estimate of drug-likeness (QED) is 0.774. The molecule has 122 valence electrons. The molecule has 1 fully saturated rings. The standard InChI is InChI=1S/C14H22N4O3S/c1-22(20,21)16-7-4-14(19)18-10-8-17(9-11-18)12-13-2-5-15-6-3-13/h2-3,5-6,16H,4,7-12H2,1H3. The highest BCUT2D eigenvalue weighted by Crippen LogP contribution is 2.08. The van der Waals surface area contributed by atoms with Crippen molar-refractivity contribution in [3.05, 3.63) is 30.1 Å². The van der Waals surface area contributed by atoms with Crippen LogP contribution in [0.3, 0.4) is 0 Å². The number of aromatic nitrogens is 1. The molecule has 0 saturated carbocycles. The molecule has 0 spiro atoms. The Morgan fingerprint density at radius 3 is 2.45 bits per heavy atom. The second-order valence-electron chi connectivity index (χ2n) is 5.43. The Bertz CT molecular complexity index is 583. The van der Waals surface area contributed by atoms with Gasteiger partial charge >= 0.3 is 0 Å². The van der Waals surface area contributed by atoms with Gasteiger partial charge in [-0.1, -0.05) is 0 Å². The van der Waals surface area contributed by atoms with Gasteiger partial charge in [-0.3, -0.25) is 14.7 Å². The van der Waals surface area contributed by atoms with Crippen LogP contribution in [0.4, 0.5) is 0 Å². The van der Waals surface area contributed by atoms with Gasteiger partial charge in [0.05, 0.1) is 6.26 Å². The SMILES string of the molecule is CS(=O)(=O)NCCC(=O)N1CCN(Cc2ccncc2)CC1. The molecule has 1 N–H and O–H groups in total. The molecule has 0 aromatic carbocycles. The van der Waals surface area contributed by atoms with Crippen molar-refractivity contribution in [1.29, 1.82) is 0 Å². The maximum Gasteiger partial charge on any atom is 0.223 e. The molecule has 0 bridgehead atoms. The fourth-order valence-corrected chi connectivity index (χ4v) is 2.88. The summed E-state index contributed by atoms with van der Waals surface area (Å²) in [6, 6.07) is 3.99. The smallest absolute Gasteiger partial charge is 0.223 e. The molecule has 0 radical (unpaired) electrons. The summed E-state index contributed by atoms with van der Waals surface area (Å²) in [7, 11) is -3.23. The Kier molecular flexibility index (Phi) is 5.87. The average molecular weight is 326 g/mol. The number of carbonyl (C=O) groups is 1. The normalized spacial score (nSPS) is 16.7. The third-order valence-electron chi connectivity index (χ3n) is 3.58. The Hall–Kier alpha value is -1.51. The van der Waals surface area contributed by atoms with Gasteiger partial charge in [0.1, 0.15) is 0 Å². The van der Waals surface area contributed by atoms with Crippen LogP contribution in [-0.2, 0) is 21.4 Å². The molecule has 7 nitrogen and oxygen atoms in total. The molecule has 0 aliphatic carbocycles. The third-order valence-corrected chi connectivity index (χ3v) is 4.31. The summed E-state index contributed by atoms with van der Waals surface area (Å²) in [5.74, 6) is -0.000267. The van der Waals surface area contributed by atoms with Gasteiger partial charge < -0.3 is 4.90 Å². The third kappa shape index (κ3) is 5.70. The first-order chi connectivity index (χ1) is 10.4. The van der Waals surface area contributed by atoms with Crippen LogP contribution < -0.4 is 4.72 Å². The Balaban J connectivity index is 1.71. The number of piperazine rings is 1. The van der Waals surface area contributed by atoms with Gasteiger partial charge in [-0.15, -0.1) is 0 Å². The van der Waals surface area contributed by atoms with Gasteiger partial charge in [0.15, 0.2) is 0 Å². The first-order valence-corrected chi connectivity index (χ1v) is 9.17. The Morgan fingerprint density at radius 2 is 1.86 bits per heavy atom. The fourth-order valence-electron chi connectivity index (χ4n) is 2.40. The summed E-state index contributed by atoms with van der Waals surface area (Å²) in [4.78, 5) is 20.1. The van der Waals surface area contributed by atoms with E-state index >= 15 is 0 Å². The van der Waals surface area contributed by atoms with Crippen LogP contribution in [0.2, 0.25) is 0 Å². The van der Waals surface area contributed by atoms with Crippen molar-refractivity contribution in [2.75, 3.05) is 39.0 Å². The molecule has 1 amide bonds. The first-order valence-electron chi connectivity index (χ1n) is 7.28. The van der Waals surface area contributed by atoms with Gasteiger partial charge in [0.25, 0.3) is 0 Å². The van der Waals surface area contributed by atoms with E-state index in [4.69, 9.17) is 0 Å². The molecule has 2 heterocycles. The summed E-state index contributed by atoms with van der Waals surface area (Å²) in [6.07, 6.45) is 4.86. The van der Waals surface area contributed by atoms with Crippen LogP contribution in [-0.4, -0.2) is 68.1 Å². The lowest BCUT2D eigenvalue weighted by molar-refractivity contribution is -0.132. The molecule has 1 saturated heterocycles. The van der Waals surface area contributed by atoms with Gasteiger partial charge in [0.2, 0.25) is 15.9 Å². The van der Waals surface area contributed by atoms with Crippen molar-refractivity contribution < 1.29 is 13.2 Å². The van der Waals surface area contributed by atoms with Gasteiger partial charge in [-0.05, 0) is 17.7 Å². The van der Waals surface area contributed by atoms with Gasteiger partial charge in [-0.2, -0.15) is 0 Å². The van der Waals surface area contributed by atoms with Crippen LogP contribution >= 0.6 is 0 Å². The van der Waals surface area contributed by atoms with E-state index in [2.05, 4.69) is 14.6 Å². The predicted octanol–water partition coefficient (Wildman–Crippen LogP) is -0.335. The van der Waals surface area contributed by atoms with E-state index in [1.54, 1.807) is 17.3 Å². The lowest BCUT2D eigenvalue weighted by Gasteiger charge is -2.34. The molecule has 1 aliphatic rings. The molecular weight excluding hydrogens is 304 g/mol. The maximum atomic E-state index is 12.0. The molecular formula is C14H22N4O3S. The zero-order chi connectivity index (χ0) is 16.0. The summed E-state index contributed by atoms with van der Waals surface area (Å²) >= 11 is 0. The molecule has 22 heavy (non-hydrogen) atoms. The van der Waals surface area contributed by atoms with E-state index in [9.17, 15) is 13.2 Å². The number of hydrogen-bond donors (Lipinski definition) is 1. The summed E-state index contributed by atoms with van der Waals surface area (Å²) in [6.45, 7) is 4.04. The number of sulfonamides is 1. The van der Waals surface area contributed by atoms with Gasteiger partial charge in [0, 0.05) is 58.1 Å². The molecule has 1 aromatic heterocycles. The van der Waals surface area contributed by atoms with Gasteiger partial charge in [-0.25, -0.2) is 13.1 Å². The second-order valence-corrected chi connectivity index (χ2v) is 7.26. The molecule has 0 unspecified atom stereocenters. The highest BCUT2D eigenvalue weighted by atomic mass is 32.2. The minimum atomic E-state index is -3.23. The van der Waals surface area contributed by atoms with E-state index in [1.807, 2.05) is 12.1 Å². The van der Waals surface area contributed by atoms with Crippen molar-refractivity contribution in [3.63, 3.8) is 0 Å².